The van der Waals surface area contributed by atoms with Crippen LogP contribution in [0, 0.1) is 13.8 Å². The van der Waals surface area contributed by atoms with Gasteiger partial charge in [0.05, 0.1) is 16.9 Å². The average Bonchev–Trinajstić information content (AvgIpc) is 3.06. The fourth-order valence-electron chi connectivity index (χ4n) is 2.27. The zero-order chi connectivity index (χ0) is 14.8. The first-order chi connectivity index (χ1) is 10.1. The van der Waals surface area contributed by atoms with Gasteiger partial charge in [0, 0.05) is 12.1 Å². The van der Waals surface area contributed by atoms with Crippen molar-refractivity contribution in [1.82, 2.24) is 10.2 Å². The minimum atomic E-state index is 0.621. The maximum atomic E-state index is 6.23. The zero-order valence-corrected chi connectivity index (χ0v) is 12.7. The van der Waals surface area contributed by atoms with E-state index >= 15 is 0 Å². The minimum Gasteiger partial charge on any atom is -0.460 e. The number of hydrogen-bond acceptors (Lipinski definition) is 3. The molecule has 1 aromatic carbocycles. The lowest BCUT2D eigenvalue weighted by molar-refractivity contribution is 0.545. The number of H-pyrrole nitrogens is 1. The third-order valence-electron chi connectivity index (χ3n) is 3.38. The summed E-state index contributed by atoms with van der Waals surface area (Å²) in [6.45, 7) is 4.57. The van der Waals surface area contributed by atoms with Crippen LogP contribution in [-0.4, -0.2) is 10.2 Å². The fourth-order valence-corrected chi connectivity index (χ4v) is 2.56. The van der Waals surface area contributed by atoms with E-state index < -0.39 is 0 Å². The van der Waals surface area contributed by atoms with Crippen LogP contribution >= 0.6 is 11.6 Å². The van der Waals surface area contributed by atoms with Crippen LogP contribution in [0.4, 0.5) is 5.69 Å². The van der Waals surface area contributed by atoms with Crippen molar-refractivity contribution in [2.24, 2.45) is 0 Å². The van der Waals surface area contributed by atoms with Crippen LogP contribution in [0.15, 0.2) is 40.9 Å². The Bertz CT molecular complexity index is 740. The second kappa shape index (κ2) is 5.66. The molecule has 0 aliphatic heterocycles. The Morgan fingerprint density at radius 2 is 2.10 bits per heavy atom. The summed E-state index contributed by atoms with van der Waals surface area (Å²) < 4.78 is 5.64. The standard InChI is InChI=1S/C16H16ClN3O/c1-10-4-3-5-13(17)15(10)18-8-12-9-19-20-16(12)14-7-6-11(2)21-14/h3-7,9,18H,8H2,1-2H3,(H,19,20). The molecule has 3 aromatic rings. The molecule has 3 rings (SSSR count). The lowest BCUT2D eigenvalue weighted by Gasteiger charge is -2.11. The van der Waals surface area contributed by atoms with Crippen molar-refractivity contribution in [2.75, 3.05) is 5.32 Å². The van der Waals surface area contributed by atoms with Crippen LogP contribution in [0.1, 0.15) is 16.9 Å². The Hall–Kier alpha value is -2.20. The van der Waals surface area contributed by atoms with E-state index in [9.17, 15) is 0 Å². The first-order valence-corrected chi connectivity index (χ1v) is 7.11. The molecule has 0 fully saturated rings. The third kappa shape index (κ3) is 2.81. The number of rotatable bonds is 4. The highest BCUT2D eigenvalue weighted by molar-refractivity contribution is 6.33. The number of aromatic nitrogens is 2. The number of halogens is 1. The smallest absolute Gasteiger partial charge is 0.152 e. The van der Waals surface area contributed by atoms with Crippen molar-refractivity contribution in [2.45, 2.75) is 20.4 Å². The lowest BCUT2D eigenvalue weighted by atomic mass is 10.1. The number of nitrogens with zero attached hydrogens (tertiary/aromatic N) is 1. The van der Waals surface area contributed by atoms with Gasteiger partial charge < -0.3 is 9.73 Å². The summed E-state index contributed by atoms with van der Waals surface area (Å²) in [5, 5.41) is 11.2. The van der Waals surface area contributed by atoms with Crippen molar-refractivity contribution in [1.29, 1.82) is 0 Å². The maximum Gasteiger partial charge on any atom is 0.152 e. The topological polar surface area (TPSA) is 53.9 Å². The number of anilines is 1. The van der Waals surface area contributed by atoms with Gasteiger partial charge in [0.25, 0.3) is 0 Å². The molecule has 0 saturated carbocycles. The van der Waals surface area contributed by atoms with E-state index in [1.807, 2.05) is 44.2 Å². The predicted octanol–water partition coefficient (Wildman–Crippen LogP) is 4.55. The molecular formula is C16H16ClN3O. The van der Waals surface area contributed by atoms with Gasteiger partial charge in [-0.15, -0.1) is 0 Å². The van der Waals surface area contributed by atoms with Crippen LogP contribution in [-0.2, 0) is 6.54 Å². The van der Waals surface area contributed by atoms with Gasteiger partial charge in [-0.3, -0.25) is 5.10 Å². The van der Waals surface area contributed by atoms with E-state index in [2.05, 4.69) is 15.5 Å². The summed E-state index contributed by atoms with van der Waals surface area (Å²) in [7, 11) is 0. The molecular weight excluding hydrogens is 286 g/mol. The Morgan fingerprint density at radius 3 is 2.81 bits per heavy atom. The number of furan rings is 1. The number of aromatic amines is 1. The molecule has 2 aromatic heterocycles. The summed E-state index contributed by atoms with van der Waals surface area (Å²) in [4.78, 5) is 0. The molecule has 0 radical (unpaired) electrons. The fraction of sp³-hybridized carbons (Fsp3) is 0.188. The second-order valence-electron chi connectivity index (χ2n) is 4.97. The quantitative estimate of drug-likeness (QED) is 0.743. The first kappa shape index (κ1) is 13.8. The van der Waals surface area contributed by atoms with Gasteiger partial charge in [0.15, 0.2) is 5.76 Å². The lowest BCUT2D eigenvalue weighted by Crippen LogP contribution is -2.02. The molecule has 0 saturated heterocycles. The van der Waals surface area contributed by atoms with E-state index in [4.69, 9.17) is 16.0 Å². The van der Waals surface area contributed by atoms with Crippen LogP contribution < -0.4 is 5.32 Å². The molecule has 0 aliphatic rings. The predicted molar refractivity (Wildman–Crippen MR) is 84.5 cm³/mol. The van der Waals surface area contributed by atoms with Crippen molar-refractivity contribution < 1.29 is 4.42 Å². The summed E-state index contributed by atoms with van der Waals surface area (Å²) in [6.07, 6.45) is 1.80. The molecule has 108 valence electrons. The molecule has 0 amide bonds. The summed E-state index contributed by atoms with van der Waals surface area (Å²) in [5.41, 5.74) is 3.98. The van der Waals surface area contributed by atoms with E-state index in [1.54, 1.807) is 6.20 Å². The largest absolute Gasteiger partial charge is 0.460 e. The number of nitrogens with one attached hydrogen (secondary N) is 2. The second-order valence-corrected chi connectivity index (χ2v) is 5.37. The zero-order valence-electron chi connectivity index (χ0n) is 11.9. The minimum absolute atomic E-state index is 0.621. The number of aryl methyl sites for hydroxylation is 2. The van der Waals surface area contributed by atoms with E-state index in [0.29, 0.717) is 11.6 Å². The van der Waals surface area contributed by atoms with Crippen molar-refractivity contribution in [3.63, 3.8) is 0 Å². The third-order valence-corrected chi connectivity index (χ3v) is 3.70. The number of para-hydroxylation sites is 1. The highest BCUT2D eigenvalue weighted by Crippen LogP contribution is 2.28. The summed E-state index contributed by atoms with van der Waals surface area (Å²) >= 11 is 6.23. The first-order valence-electron chi connectivity index (χ1n) is 6.73. The summed E-state index contributed by atoms with van der Waals surface area (Å²) in [6, 6.07) is 9.72. The number of hydrogen-bond donors (Lipinski definition) is 2. The van der Waals surface area contributed by atoms with Crippen LogP contribution in [0.5, 0.6) is 0 Å². The maximum absolute atomic E-state index is 6.23. The van der Waals surface area contributed by atoms with Gasteiger partial charge in [0.1, 0.15) is 11.5 Å². The molecule has 0 spiro atoms. The monoisotopic (exact) mass is 301 g/mol. The molecule has 21 heavy (non-hydrogen) atoms. The molecule has 0 bridgehead atoms. The van der Waals surface area contributed by atoms with Crippen molar-refractivity contribution in [3.8, 4) is 11.5 Å². The molecule has 2 heterocycles. The molecule has 2 N–H and O–H groups in total. The Morgan fingerprint density at radius 1 is 1.24 bits per heavy atom. The highest BCUT2D eigenvalue weighted by atomic mass is 35.5. The molecule has 0 aliphatic carbocycles. The van der Waals surface area contributed by atoms with Crippen molar-refractivity contribution in [3.05, 3.63) is 58.4 Å². The van der Waals surface area contributed by atoms with Crippen molar-refractivity contribution >= 4 is 17.3 Å². The molecule has 4 nitrogen and oxygen atoms in total. The molecule has 0 unspecified atom stereocenters. The van der Waals surface area contributed by atoms with Crippen LogP contribution in [0.2, 0.25) is 5.02 Å². The Labute approximate surface area is 128 Å². The van der Waals surface area contributed by atoms with Crippen LogP contribution in [0.25, 0.3) is 11.5 Å². The van der Waals surface area contributed by atoms with E-state index in [1.165, 1.54) is 0 Å². The van der Waals surface area contributed by atoms with Gasteiger partial charge >= 0.3 is 0 Å². The molecule has 0 atom stereocenters. The normalized spacial score (nSPS) is 10.8. The van der Waals surface area contributed by atoms with Gasteiger partial charge in [-0.25, -0.2) is 0 Å². The highest BCUT2D eigenvalue weighted by Gasteiger charge is 2.12. The summed E-state index contributed by atoms with van der Waals surface area (Å²) in [5.74, 6) is 1.66. The van der Waals surface area contributed by atoms with Gasteiger partial charge in [0.2, 0.25) is 0 Å². The van der Waals surface area contributed by atoms with Gasteiger partial charge in [-0.05, 0) is 37.6 Å². The average molecular weight is 302 g/mol. The van der Waals surface area contributed by atoms with Crippen LogP contribution in [0.3, 0.4) is 0 Å². The van der Waals surface area contributed by atoms with Gasteiger partial charge in [-0.2, -0.15) is 5.10 Å². The van der Waals surface area contributed by atoms with E-state index in [-0.39, 0.29) is 0 Å². The van der Waals surface area contributed by atoms with E-state index in [0.717, 1.165) is 34.0 Å². The van der Waals surface area contributed by atoms with Gasteiger partial charge in [-0.1, -0.05) is 23.7 Å². The Kier molecular flexibility index (Phi) is 3.71. The Balaban J connectivity index is 1.82. The number of benzene rings is 1. The molecule has 5 heteroatoms. The SMILES string of the molecule is Cc1ccc(-c2[nH]ncc2CNc2c(C)cccc2Cl)o1.